The molecule has 0 atom stereocenters. The van der Waals surface area contributed by atoms with Gasteiger partial charge >= 0.3 is 0 Å². The van der Waals surface area contributed by atoms with Crippen LogP contribution in [0.25, 0.3) is 10.9 Å². The molecule has 0 radical (unpaired) electrons. The summed E-state index contributed by atoms with van der Waals surface area (Å²) in [4.78, 5) is 5.61. The van der Waals surface area contributed by atoms with Crippen molar-refractivity contribution >= 4 is 10.9 Å². The van der Waals surface area contributed by atoms with Crippen molar-refractivity contribution < 1.29 is 0 Å². The molecule has 0 aliphatic rings. The Labute approximate surface area is 97.3 Å². The van der Waals surface area contributed by atoms with Crippen molar-refractivity contribution in [3.63, 3.8) is 0 Å². The summed E-state index contributed by atoms with van der Waals surface area (Å²) in [6.45, 7) is 5.43. The highest BCUT2D eigenvalue weighted by Crippen LogP contribution is 2.23. The molecule has 0 amide bonds. The Hall–Kier alpha value is -1.28. The summed E-state index contributed by atoms with van der Waals surface area (Å²) in [5, 5.41) is 1.39. The summed E-state index contributed by atoms with van der Waals surface area (Å²) in [5.41, 5.74) is 5.40. The number of nitrogens with zero attached hydrogens (tertiary/aromatic N) is 1. The van der Waals surface area contributed by atoms with E-state index in [1.807, 2.05) is 0 Å². The first-order valence-electron chi connectivity index (χ1n) is 5.80. The third-order valence-corrected chi connectivity index (χ3v) is 3.04. The molecule has 0 saturated carbocycles. The molecule has 0 fully saturated rings. The van der Waals surface area contributed by atoms with E-state index in [0.29, 0.717) is 0 Å². The fourth-order valence-electron chi connectivity index (χ4n) is 2.20. The molecule has 2 aromatic rings. The molecular formula is C14H20N2. The summed E-state index contributed by atoms with van der Waals surface area (Å²) >= 11 is 0. The highest BCUT2D eigenvalue weighted by Gasteiger charge is 2.06. The quantitative estimate of drug-likeness (QED) is 0.836. The molecule has 0 aliphatic carbocycles. The number of fused-ring (bicyclic) bond motifs is 1. The maximum atomic E-state index is 3.39. The second-order valence-corrected chi connectivity index (χ2v) is 4.87. The molecule has 16 heavy (non-hydrogen) atoms. The molecule has 2 nitrogen and oxygen atoms in total. The first-order chi connectivity index (χ1) is 7.58. The van der Waals surface area contributed by atoms with Crippen LogP contribution in [0, 0.1) is 13.8 Å². The number of rotatable bonds is 3. The van der Waals surface area contributed by atoms with Gasteiger partial charge in [-0.05, 0) is 51.6 Å². The van der Waals surface area contributed by atoms with Gasteiger partial charge < -0.3 is 9.88 Å². The molecule has 0 unspecified atom stereocenters. The van der Waals surface area contributed by atoms with Crippen LogP contribution < -0.4 is 0 Å². The van der Waals surface area contributed by atoms with E-state index < -0.39 is 0 Å². The topological polar surface area (TPSA) is 19.0 Å². The van der Waals surface area contributed by atoms with E-state index in [0.717, 1.165) is 13.0 Å². The standard InChI is InChI=1S/C14H20N2/c1-10-7-11(2)14-13(8-10)12(9-15-14)5-6-16(3)4/h7-9,15H,5-6H2,1-4H3. The van der Waals surface area contributed by atoms with Crippen molar-refractivity contribution in [2.75, 3.05) is 20.6 Å². The SMILES string of the molecule is Cc1cc(C)c2[nH]cc(CCN(C)C)c2c1. The zero-order valence-electron chi connectivity index (χ0n) is 10.6. The number of aryl methyl sites for hydroxylation is 2. The van der Waals surface area contributed by atoms with Crippen LogP contribution in [0.5, 0.6) is 0 Å². The Kier molecular flexibility index (Phi) is 3.01. The van der Waals surface area contributed by atoms with Crippen molar-refractivity contribution in [2.24, 2.45) is 0 Å². The third-order valence-electron chi connectivity index (χ3n) is 3.04. The number of nitrogens with one attached hydrogen (secondary N) is 1. The van der Waals surface area contributed by atoms with Gasteiger partial charge in [-0.15, -0.1) is 0 Å². The lowest BCUT2D eigenvalue weighted by Crippen LogP contribution is -2.14. The smallest absolute Gasteiger partial charge is 0.0486 e. The molecular weight excluding hydrogens is 196 g/mol. The molecule has 1 N–H and O–H groups in total. The van der Waals surface area contributed by atoms with E-state index in [1.165, 1.54) is 27.6 Å². The number of hydrogen-bond donors (Lipinski definition) is 1. The highest BCUT2D eigenvalue weighted by atomic mass is 15.0. The normalized spacial score (nSPS) is 11.6. The van der Waals surface area contributed by atoms with Crippen molar-refractivity contribution in [3.8, 4) is 0 Å². The fourth-order valence-corrected chi connectivity index (χ4v) is 2.20. The van der Waals surface area contributed by atoms with Crippen molar-refractivity contribution in [1.29, 1.82) is 0 Å². The Bertz CT molecular complexity index is 495. The van der Waals surface area contributed by atoms with Crippen LogP contribution in [-0.4, -0.2) is 30.5 Å². The largest absolute Gasteiger partial charge is 0.361 e. The van der Waals surface area contributed by atoms with Gasteiger partial charge in [-0.1, -0.05) is 11.6 Å². The highest BCUT2D eigenvalue weighted by molar-refractivity contribution is 5.86. The molecule has 0 spiro atoms. The van der Waals surface area contributed by atoms with Gasteiger partial charge in [0.1, 0.15) is 0 Å². The fraction of sp³-hybridized carbons (Fsp3) is 0.429. The minimum Gasteiger partial charge on any atom is -0.361 e. The van der Waals surface area contributed by atoms with E-state index >= 15 is 0 Å². The minimum absolute atomic E-state index is 1.10. The lowest BCUT2D eigenvalue weighted by atomic mass is 10.0. The average molecular weight is 216 g/mol. The summed E-state index contributed by atoms with van der Waals surface area (Å²) in [7, 11) is 4.23. The number of H-pyrrole nitrogens is 1. The second-order valence-electron chi connectivity index (χ2n) is 4.87. The summed E-state index contributed by atoms with van der Waals surface area (Å²) in [6.07, 6.45) is 3.26. The predicted molar refractivity (Wildman–Crippen MR) is 70.0 cm³/mol. The molecule has 2 rings (SSSR count). The maximum absolute atomic E-state index is 3.39. The van der Waals surface area contributed by atoms with Crippen molar-refractivity contribution in [1.82, 2.24) is 9.88 Å². The average Bonchev–Trinajstić information content (AvgIpc) is 2.58. The van der Waals surface area contributed by atoms with Gasteiger partial charge in [0.25, 0.3) is 0 Å². The number of aromatic nitrogens is 1. The predicted octanol–water partition coefficient (Wildman–Crippen LogP) is 2.89. The van der Waals surface area contributed by atoms with E-state index in [4.69, 9.17) is 0 Å². The van der Waals surface area contributed by atoms with Crippen LogP contribution >= 0.6 is 0 Å². The van der Waals surface area contributed by atoms with E-state index in [-0.39, 0.29) is 0 Å². The summed E-state index contributed by atoms with van der Waals surface area (Å²) in [5.74, 6) is 0. The zero-order valence-corrected chi connectivity index (χ0v) is 10.6. The molecule has 0 aliphatic heterocycles. The molecule has 1 aromatic heterocycles. The van der Waals surface area contributed by atoms with Crippen LogP contribution in [0.1, 0.15) is 16.7 Å². The van der Waals surface area contributed by atoms with Crippen LogP contribution in [0.2, 0.25) is 0 Å². The van der Waals surface area contributed by atoms with Gasteiger partial charge in [0.05, 0.1) is 0 Å². The second kappa shape index (κ2) is 4.30. The Morgan fingerprint density at radius 3 is 2.62 bits per heavy atom. The number of aromatic amines is 1. The summed E-state index contributed by atoms with van der Waals surface area (Å²) in [6, 6.07) is 4.51. The third kappa shape index (κ3) is 2.12. The first-order valence-corrected chi connectivity index (χ1v) is 5.80. The molecule has 1 aromatic carbocycles. The Morgan fingerprint density at radius 2 is 1.94 bits per heavy atom. The van der Waals surface area contributed by atoms with E-state index in [2.05, 4.69) is 56.2 Å². The minimum atomic E-state index is 1.10. The van der Waals surface area contributed by atoms with Crippen molar-refractivity contribution in [2.45, 2.75) is 20.3 Å². The van der Waals surface area contributed by atoms with E-state index in [1.54, 1.807) is 0 Å². The van der Waals surface area contributed by atoms with Gasteiger partial charge in [0, 0.05) is 23.6 Å². The van der Waals surface area contributed by atoms with Crippen molar-refractivity contribution in [3.05, 3.63) is 35.0 Å². The van der Waals surface area contributed by atoms with Gasteiger partial charge in [-0.2, -0.15) is 0 Å². The van der Waals surface area contributed by atoms with E-state index in [9.17, 15) is 0 Å². The van der Waals surface area contributed by atoms with Crippen LogP contribution in [0.4, 0.5) is 0 Å². The Balaban J connectivity index is 2.40. The first kappa shape index (κ1) is 11.2. The lowest BCUT2D eigenvalue weighted by Gasteiger charge is -2.08. The van der Waals surface area contributed by atoms with Gasteiger partial charge in [-0.3, -0.25) is 0 Å². The molecule has 86 valence electrons. The van der Waals surface area contributed by atoms with Gasteiger partial charge in [-0.25, -0.2) is 0 Å². The van der Waals surface area contributed by atoms with Gasteiger partial charge in [0.2, 0.25) is 0 Å². The lowest BCUT2D eigenvalue weighted by molar-refractivity contribution is 0.414. The maximum Gasteiger partial charge on any atom is 0.0486 e. The Morgan fingerprint density at radius 1 is 1.19 bits per heavy atom. The number of hydrogen-bond acceptors (Lipinski definition) is 1. The molecule has 0 bridgehead atoms. The van der Waals surface area contributed by atoms with Crippen LogP contribution in [-0.2, 0) is 6.42 Å². The molecule has 2 heteroatoms. The number of likely N-dealkylation sites (N-methyl/N-ethyl adjacent to an activating group) is 1. The molecule has 0 saturated heterocycles. The zero-order chi connectivity index (χ0) is 11.7. The van der Waals surface area contributed by atoms with Gasteiger partial charge in [0.15, 0.2) is 0 Å². The molecule has 1 heterocycles. The monoisotopic (exact) mass is 216 g/mol. The summed E-state index contributed by atoms with van der Waals surface area (Å²) < 4.78 is 0. The van der Waals surface area contributed by atoms with Crippen LogP contribution in [0.15, 0.2) is 18.3 Å². The number of benzene rings is 1. The van der Waals surface area contributed by atoms with Crippen LogP contribution in [0.3, 0.4) is 0 Å².